The van der Waals surface area contributed by atoms with Crippen molar-refractivity contribution in [2.75, 3.05) is 19.5 Å². The summed E-state index contributed by atoms with van der Waals surface area (Å²) in [6.07, 6.45) is 0. The molecule has 1 rings (SSSR count). The van der Waals surface area contributed by atoms with Crippen LogP contribution >= 0.6 is 0 Å². The lowest BCUT2D eigenvalue weighted by Crippen LogP contribution is -2.22. The highest BCUT2D eigenvalue weighted by atomic mass is 32.2. The number of para-hydroxylation sites is 1. The van der Waals surface area contributed by atoms with Crippen LogP contribution in [0.2, 0.25) is 0 Å². The van der Waals surface area contributed by atoms with E-state index in [1.54, 1.807) is 19.9 Å². The van der Waals surface area contributed by atoms with E-state index in [-0.39, 0.29) is 29.4 Å². The Hall–Kier alpha value is -1.76. The zero-order valence-electron chi connectivity index (χ0n) is 11.6. The van der Waals surface area contributed by atoms with Crippen LogP contribution in [0.4, 0.5) is 0 Å². The molecule has 0 aliphatic heterocycles. The maximum absolute atomic E-state index is 11.7. The molecule has 0 fully saturated rings. The first-order chi connectivity index (χ1) is 9.29. The fraction of sp³-hybridized carbons (Fsp3) is 0.462. The first kappa shape index (κ1) is 16.3. The van der Waals surface area contributed by atoms with Crippen LogP contribution in [0.1, 0.15) is 24.2 Å². The Morgan fingerprint density at radius 1 is 1.35 bits per heavy atom. The highest BCUT2D eigenvalue weighted by molar-refractivity contribution is 7.91. The van der Waals surface area contributed by atoms with Crippen molar-refractivity contribution in [2.45, 2.75) is 19.1 Å². The third-order valence-electron chi connectivity index (χ3n) is 2.76. The summed E-state index contributed by atoms with van der Waals surface area (Å²) in [7, 11) is -1.85. The summed E-state index contributed by atoms with van der Waals surface area (Å²) in [5, 5.41) is 8.58. The van der Waals surface area contributed by atoms with E-state index in [2.05, 4.69) is 0 Å². The van der Waals surface area contributed by atoms with Gasteiger partial charge < -0.3 is 14.6 Å². The van der Waals surface area contributed by atoms with Crippen LogP contribution in [0.5, 0.6) is 11.5 Å². The van der Waals surface area contributed by atoms with Crippen LogP contribution in [-0.2, 0) is 9.84 Å². The molecule has 7 heteroatoms. The van der Waals surface area contributed by atoms with E-state index in [0.717, 1.165) is 0 Å². The lowest BCUT2D eigenvalue weighted by Gasteiger charge is -2.14. The van der Waals surface area contributed by atoms with Gasteiger partial charge in [-0.1, -0.05) is 6.07 Å². The van der Waals surface area contributed by atoms with Gasteiger partial charge in [0.15, 0.2) is 21.3 Å². The Morgan fingerprint density at radius 2 is 2.00 bits per heavy atom. The molecule has 1 aromatic rings. The largest absolute Gasteiger partial charge is 0.493 e. The molecule has 0 aliphatic rings. The van der Waals surface area contributed by atoms with Crippen LogP contribution < -0.4 is 9.47 Å². The monoisotopic (exact) mass is 302 g/mol. The summed E-state index contributed by atoms with van der Waals surface area (Å²) in [6, 6.07) is 4.45. The number of carboxylic acids is 1. The number of aromatic carboxylic acids is 1. The summed E-state index contributed by atoms with van der Waals surface area (Å²) in [6.45, 7) is 3.05. The maximum atomic E-state index is 11.7. The zero-order valence-corrected chi connectivity index (χ0v) is 12.4. The van der Waals surface area contributed by atoms with Crippen molar-refractivity contribution in [2.24, 2.45) is 0 Å². The minimum absolute atomic E-state index is 0.0430. The second-order valence-electron chi connectivity index (χ2n) is 4.41. The number of hydrogen-bond donors (Lipinski definition) is 1. The SMILES string of the molecule is COc1cccc(C(=O)O)c1OCCS(=O)(=O)C(C)C. The molecular weight excluding hydrogens is 284 g/mol. The van der Waals surface area contributed by atoms with Gasteiger partial charge in [-0.25, -0.2) is 13.2 Å². The second-order valence-corrected chi connectivity index (χ2v) is 7.08. The molecule has 0 amide bonds. The molecule has 0 aromatic heterocycles. The number of methoxy groups -OCH3 is 1. The topological polar surface area (TPSA) is 89.9 Å². The van der Waals surface area contributed by atoms with Gasteiger partial charge in [-0.2, -0.15) is 0 Å². The Morgan fingerprint density at radius 3 is 2.50 bits per heavy atom. The summed E-state index contributed by atoms with van der Waals surface area (Å²) in [4.78, 5) is 11.1. The molecular formula is C13H18O6S. The van der Waals surface area contributed by atoms with Crippen molar-refractivity contribution in [3.8, 4) is 11.5 Å². The normalized spacial score (nSPS) is 11.4. The molecule has 20 heavy (non-hydrogen) atoms. The number of hydrogen-bond acceptors (Lipinski definition) is 5. The van der Waals surface area contributed by atoms with Gasteiger partial charge >= 0.3 is 5.97 Å². The van der Waals surface area contributed by atoms with Crippen LogP contribution in [0.15, 0.2) is 18.2 Å². The second kappa shape index (κ2) is 6.60. The average Bonchev–Trinajstić information content (AvgIpc) is 2.38. The molecule has 0 atom stereocenters. The molecule has 0 unspecified atom stereocenters. The molecule has 0 spiro atoms. The van der Waals surface area contributed by atoms with E-state index in [1.807, 2.05) is 0 Å². The molecule has 0 heterocycles. The minimum atomic E-state index is -3.23. The number of carboxylic acid groups (broad SMARTS) is 1. The van der Waals surface area contributed by atoms with Gasteiger partial charge in [-0.05, 0) is 26.0 Å². The van der Waals surface area contributed by atoms with Crippen LogP contribution in [0.25, 0.3) is 0 Å². The summed E-state index contributed by atoms with van der Waals surface area (Å²) < 4.78 is 33.7. The zero-order chi connectivity index (χ0) is 15.3. The predicted molar refractivity (Wildman–Crippen MR) is 74.4 cm³/mol. The predicted octanol–water partition coefficient (Wildman–Crippen LogP) is 1.60. The van der Waals surface area contributed by atoms with Gasteiger partial charge in [-0.3, -0.25) is 0 Å². The Balaban J connectivity index is 2.90. The molecule has 0 saturated heterocycles. The Kier molecular flexibility index (Phi) is 5.38. The number of benzene rings is 1. The fourth-order valence-electron chi connectivity index (χ4n) is 1.49. The number of ether oxygens (including phenoxy) is 2. The van der Waals surface area contributed by atoms with E-state index in [1.165, 1.54) is 19.2 Å². The first-order valence-corrected chi connectivity index (χ1v) is 7.75. The highest BCUT2D eigenvalue weighted by Crippen LogP contribution is 2.31. The van der Waals surface area contributed by atoms with Gasteiger partial charge in [0.05, 0.1) is 18.1 Å². The van der Waals surface area contributed by atoms with E-state index in [9.17, 15) is 13.2 Å². The highest BCUT2D eigenvalue weighted by Gasteiger charge is 2.19. The number of carbonyl (C=O) groups is 1. The third-order valence-corrected chi connectivity index (χ3v) is 4.93. The van der Waals surface area contributed by atoms with Gasteiger partial charge in [0.1, 0.15) is 12.2 Å². The lowest BCUT2D eigenvalue weighted by atomic mass is 10.2. The number of sulfone groups is 1. The molecule has 0 saturated carbocycles. The van der Waals surface area contributed by atoms with E-state index in [4.69, 9.17) is 14.6 Å². The molecule has 0 radical (unpaired) electrons. The van der Waals surface area contributed by atoms with Crippen LogP contribution in [-0.4, -0.2) is 44.2 Å². The smallest absolute Gasteiger partial charge is 0.339 e. The van der Waals surface area contributed by atoms with Gasteiger partial charge in [0.25, 0.3) is 0 Å². The molecule has 6 nitrogen and oxygen atoms in total. The van der Waals surface area contributed by atoms with Gasteiger partial charge in [-0.15, -0.1) is 0 Å². The molecule has 1 N–H and O–H groups in total. The third kappa shape index (κ3) is 3.86. The fourth-order valence-corrected chi connectivity index (χ4v) is 2.28. The van der Waals surface area contributed by atoms with E-state index >= 15 is 0 Å². The lowest BCUT2D eigenvalue weighted by molar-refractivity contribution is 0.0691. The van der Waals surface area contributed by atoms with E-state index in [0.29, 0.717) is 0 Å². The molecule has 112 valence electrons. The number of rotatable bonds is 7. The Bertz CT molecular complexity index is 577. The van der Waals surface area contributed by atoms with Crippen LogP contribution in [0.3, 0.4) is 0 Å². The quantitative estimate of drug-likeness (QED) is 0.822. The van der Waals surface area contributed by atoms with Crippen molar-refractivity contribution < 1.29 is 27.8 Å². The van der Waals surface area contributed by atoms with Crippen molar-refractivity contribution in [3.63, 3.8) is 0 Å². The standard InChI is InChI=1S/C13H18O6S/c1-9(2)20(16,17)8-7-19-12-10(13(14)15)5-4-6-11(12)18-3/h4-6,9H,7-8H2,1-3H3,(H,14,15). The summed E-state index contributed by atoms with van der Waals surface area (Å²) in [5.41, 5.74) is -0.0636. The van der Waals surface area contributed by atoms with Crippen molar-refractivity contribution in [1.29, 1.82) is 0 Å². The van der Waals surface area contributed by atoms with Gasteiger partial charge in [0.2, 0.25) is 0 Å². The molecule has 0 bridgehead atoms. The molecule has 1 aromatic carbocycles. The van der Waals surface area contributed by atoms with Crippen LogP contribution in [0, 0.1) is 0 Å². The van der Waals surface area contributed by atoms with Crippen molar-refractivity contribution >= 4 is 15.8 Å². The van der Waals surface area contributed by atoms with Crippen molar-refractivity contribution in [1.82, 2.24) is 0 Å². The maximum Gasteiger partial charge on any atom is 0.339 e. The Labute approximate surface area is 118 Å². The average molecular weight is 302 g/mol. The summed E-state index contributed by atoms with van der Waals surface area (Å²) >= 11 is 0. The summed E-state index contributed by atoms with van der Waals surface area (Å²) in [5.74, 6) is -1.04. The minimum Gasteiger partial charge on any atom is -0.493 e. The van der Waals surface area contributed by atoms with Crippen molar-refractivity contribution in [3.05, 3.63) is 23.8 Å². The molecule has 0 aliphatic carbocycles. The first-order valence-electron chi connectivity index (χ1n) is 6.04. The van der Waals surface area contributed by atoms with Gasteiger partial charge in [0, 0.05) is 0 Å². The van der Waals surface area contributed by atoms with E-state index < -0.39 is 21.1 Å².